The largest absolute Gasteiger partial charge is 0.452 e. The topological polar surface area (TPSA) is 46.6 Å². The molecule has 6 heteroatoms. The molecule has 0 unspecified atom stereocenters. The molecule has 3 aromatic rings. The fourth-order valence-electron chi connectivity index (χ4n) is 3.06. The number of ether oxygens (including phenoxy) is 1. The molecule has 4 nitrogen and oxygen atoms in total. The third-order valence-corrected chi connectivity index (χ3v) is 6.07. The average Bonchev–Trinajstić information content (AvgIpc) is 3.45. The maximum atomic E-state index is 12.7. The monoisotopic (exact) mass is 395 g/mol. The Balaban J connectivity index is 1.47. The summed E-state index contributed by atoms with van der Waals surface area (Å²) >= 11 is 3.02. The molecule has 0 N–H and O–H groups in total. The number of fused-ring (bicyclic) bond motifs is 1. The molecule has 1 aliphatic heterocycles. The van der Waals surface area contributed by atoms with Crippen molar-refractivity contribution >= 4 is 51.9 Å². The van der Waals surface area contributed by atoms with Gasteiger partial charge in [-0.3, -0.25) is 4.79 Å². The Kier molecular flexibility index (Phi) is 5.18. The number of benzene rings is 1. The van der Waals surface area contributed by atoms with E-state index in [0.29, 0.717) is 12.1 Å². The number of anilines is 1. The molecule has 0 aliphatic carbocycles. The number of hydrogen-bond acceptors (Lipinski definition) is 5. The van der Waals surface area contributed by atoms with Crippen LogP contribution in [0.1, 0.15) is 15.3 Å². The van der Waals surface area contributed by atoms with Crippen molar-refractivity contribution in [2.75, 3.05) is 18.1 Å². The second-order valence-corrected chi connectivity index (χ2v) is 7.98. The second kappa shape index (κ2) is 7.90. The fraction of sp³-hybridized carbons (Fsp3) is 0.143. The summed E-state index contributed by atoms with van der Waals surface area (Å²) in [5, 5.41) is 3.87. The summed E-state index contributed by atoms with van der Waals surface area (Å²) in [5.41, 5.74) is 2.53. The molecule has 1 aromatic carbocycles. The standard InChI is InChI=1S/C21H17NO3S2/c23-20(22-10-9-15-5-1-2-7-18(15)22)14-25-21(24)17(19-8-4-12-27-19)13-16-6-3-11-26-16/h1-8,11-13H,9-10,14H2. The summed E-state index contributed by atoms with van der Waals surface area (Å²) in [7, 11) is 0. The van der Waals surface area contributed by atoms with Gasteiger partial charge in [0.05, 0.1) is 5.57 Å². The zero-order valence-corrected chi connectivity index (χ0v) is 16.1. The molecule has 3 heterocycles. The minimum Gasteiger partial charge on any atom is -0.452 e. The van der Waals surface area contributed by atoms with Gasteiger partial charge in [0.15, 0.2) is 6.61 Å². The average molecular weight is 396 g/mol. The number of amides is 1. The van der Waals surface area contributed by atoms with Gasteiger partial charge in [0.2, 0.25) is 0 Å². The number of carbonyl (C=O) groups excluding carboxylic acids is 2. The minimum atomic E-state index is -0.480. The number of nitrogens with zero attached hydrogens (tertiary/aromatic N) is 1. The van der Waals surface area contributed by atoms with Gasteiger partial charge in [-0.15, -0.1) is 22.7 Å². The Hall–Kier alpha value is -2.70. The molecule has 4 rings (SSSR count). The molecule has 0 bridgehead atoms. The molecule has 0 saturated heterocycles. The molecule has 2 aromatic heterocycles. The van der Waals surface area contributed by atoms with E-state index in [1.165, 1.54) is 11.3 Å². The first kappa shape index (κ1) is 17.7. The lowest BCUT2D eigenvalue weighted by Crippen LogP contribution is -2.33. The number of para-hydroxylation sites is 1. The van der Waals surface area contributed by atoms with Crippen molar-refractivity contribution in [3.63, 3.8) is 0 Å². The molecule has 0 saturated carbocycles. The van der Waals surface area contributed by atoms with Crippen LogP contribution in [0.5, 0.6) is 0 Å². The Bertz CT molecular complexity index is 975. The SMILES string of the molecule is O=C(OCC(=O)N1CCc2ccccc21)C(=Cc1cccs1)c1cccs1. The summed E-state index contributed by atoms with van der Waals surface area (Å²) in [6, 6.07) is 15.5. The predicted octanol–water partition coefficient (Wildman–Crippen LogP) is 4.48. The van der Waals surface area contributed by atoms with Crippen LogP contribution in [-0.4, -0.2) is 25.0 Å². The molecule has 0 spiro atoms. The van der Waals surface area contributed by atoms with Crippen molar-refractivity contribution in [1.82, 2.24) is 0 Å². The summed E-state index contributed by atoms with van der Waals surface area (Å²) < 4.78 is 5.38. The lowest BCUT2D eigenvalue weighted by Gasteiger charge is -2.17. The van der Waals surface area contributed by atoms with E-state index in [1.54, 1.807) is 16.2 Å². The van der Waals surface area contributed by atoms with Crippen LogP contribution >= 0.6 is 22.7 Å². The minimum absolute atomic E-state index is 0.199. The lowest BCUT2D eigenvalue weighted by atomic mass is 10.2. The van der Waals surface area contributed by atoms with E-state index < -0.39 is 5.97 Å². The Labute approximate surface area is 165 Å². The quantitative estimate of drug-likeness (QED) is 0.473. The van der Waals surface area contributed by atoms with E-state index in [1.807, 2.05) is 65.4 Å². The normalized spacial score (nSPS) is 13.5. The smallest absolute Gasteiger partial charge is 0.340 e. The van der Waals surface area contributed by atoms with Crippen LogP contribution in [0, 0.1) is 0 Å². The zero-order chi connectivity index (χ0) is 18.6. The van der Waals surface area contributed by atoms with Gasteiger partial charge in [-0.25, -0.2) is 4.79 Å². The predicted molar refractivity (Wildman–Crippen MR) is 110 cm³/mol. The molecule has 136 valence electrons. The van der Waals surface area contributed by atoms with E-state index >= 15 is 0 Å². The van der Waals surface area contributed by atoms with Crippen molar-refractivity contribution in [2.45, 2.75) is 6.42 Å². The van der Waals surface area contributed by atoms with Crippen molar-refractivity contribution in [3.8, 4) is 0 Å². The molecule has 0 atom stereocenters. The van der Waals surface area contributed by atoms with Gasteiger partial charge in [-0.1, -0.05) is 30.3 Å². The van der Waals surface area contributed by atoms with Crippen molar-refractivity contribution in [2.24, 2.45) is 0 Å². The molecule has 1 aliphatic rings. The maximum absolute atomic E-state index is 12.7. The van der Waals surface area contributed by atoms with Crippen LogP contribution < -0.4 is 4.90 Å². The first-order valence-electron chi connectivity index (χ1n) is 8.57. The van der Waals surface area contributed by atoms with E-state index in [9.17, 15) is 9.59 Å². The molecular formula is C21H17NO3S2. The third kappa shape index (κ3) is 3.86. The number of hydrogen-bond donors (Lipinski definition) is 0. The molecule has 0 radical (unpaired) electrons. The van der Waals surface area contributed by atoms with Gasteiger partial charge in [-0.2, -0.15) is 0 Å². The van der Waals surface area contributed by atoms with Gasteiger partial charge in [0.1, 0.15) is 0 Å². The summed E-state index contributed by atoms with van der Waals surface area (Å²) in [6.07, 6.45) is 2.64. The number of esters is 1. The first-order chi connectivity index (χ1) is 13.2. The maximum Gasteiger partial charge on any atom is 0.340 e. The van der Waals surface area contributed by atoms with E-state index in [2.05, 4.69) is 0 Å². The number of rotatable bonds is 5. The fourth-order valence-corrected chi connectivity index (χ4v) is 4.45. The summed E-state index contributed by atoms with van der Waals surface area (Å²) in [6.45, 7) is 0.360. The summed E-state index contributed by atoms with van der Waals surface area (Å²) in [5.74, 6) is -0.679. The van der Waals surface area contributed by atoms with Crippen molar-refractivity contribution in [1.29, 1.82) is 0 Å². The molecule has 27 heavy (non-hydrogen) atoms. The van der Waals surface area contributed by atoms with E-state index in [0.717, 1.165) is 27.4 Å². The lowest BCUT2D eigenvalue weighted by molar-refractivity contribution is -0.141. The third-order valence-electron chi connectivity index (χ3n) is 4.35. The van der Waals surface area contributed by atoms with Crippen LogP contribution in [0.4, 0.5) is 5.69 Å². The summed E-state index contributed by atoms with van der Waals surface area (Å²) in [4.78, 5) is 28.7. The highest BCUT2D eigenvalue weighted by molar-refractivity contribution is 7.12. The van der Waals surface area contributed by atoms with Crippen LogP contribution in [0.2, 0.25) is 0 Å². The first-order valence-corrected chi connectivity index (χ1v) is 10.3. The Morgan fingerprint density at radius 2 is 1.85 bits per heavy atom. The van der Waals surface area contributed by atoms with E-state index in [-0.39, 0.29) is 12.5 Å². The van der Waals surface area contributed by atoms with Crippen LogP contribution in [0.15, 0.2) is 59.3 Å². The number of thiophene rings is 2. The van der Waals surface area contributed by atoms with Gasteiger partial charge in [-0.05, 0) is 47.0 Å². The second-order valence-electron chi connectivity index (χ2n) is 6.05. The molecule has 1 amide bonds. The van der Waals surface area contributed by atoms with Gasteiger partial charge >= 0.3 is 5.97 Å². The zero-order valence-electron chi connectivity index (χ0n) is 14.5. The van der Waals surface area contributed by atoms with Crippen LogP contribution in [-0.2, 0) is 20.7 Å². The van der Waals surface area contributed by atoms with Gasteiger partial charge in [0.25, 0.3) is 5.91 Å². The Morgan fingerprint density at radius 1 is 1.04 bits per heavy atom. The highest BCUT2D eigenvalue weighted by Gasteiger charge is 2.25. The van der Waals surface area contributed by atoms with Gasteiger partial charge < -0.3 is 9.64 Å². The van der Waals surface area contributed by atoms with Gasteiger partial charge in [0, 0.05) is 22.0 Å². The van der Waals surface area contributed by atoms with Crippen LogP contribution in [0.25, 0.3) is 11.6 Å². The highest BCUT2D eigenvalue weighted by Crippen LogP contribution is 2.28. The van der Waals surface area contributed by atoms with E-state index in [4.69, 9.17) is 4.74 Å². The molecular weight excluding hydrogens is 378 g/mol. The Morgan fingerprint density at radius 3 is 2.63 bits per heavy atom. The highest BCUT2D eigenvalue weighted by atomic mass is 32.1. The molecule has 0 fully saturated rings. The van der Waals surface area contributed by atoms with Crippen molar-refractivity contribution < 1.29 is 14.3 Å². The number of carbonyl (C=O) groups is 2. The van der Waals surface area contributed by atoms with Crippen LogP contribution in [0.3, 0.4) is 0 Å². The van der Waals surface area contributed by atoms with Crippen molar-refractivity contribution in [3.05, 3.63) is 74.6 Å².